The summed E-state index contributed by atoms with van der Waals surface area (Å²) in [6, 6.07) is -2.05. The third kappa shape index (κ3) is 8.01. The second kappa shape index (κ2) is 13.6. The lowest BCUT2D eigenvalue weighted by Crippen LogP contribution is -2.53. The lowest BCUT2D eigenvalue weighted by atomic mass is 10.1. The Hall–Kier alpha value is -2.11. The molecular weight excluding hydrogens is 475 g/mol. The van der Waals surface area contributed by atoms with Crippen molar-refractivity contribution < 1.29 is 24.0 Å². The van der Waals surface area contributed by atoms with E-state index in [4.69, 9.17) is 28.9 Å². The molecule has 0 aromatic carbocycles. The number of nitrogens with two attached hydrogens (primary N) is 1. The first kappa shape index (κ1) is 27.1. The summed E-state index contributed by atoms with van der Waals surface area (Å²) in [6.45, 7) is 1.76. The molecule has 3 atom stereocenters. The van der Waals surface area contributed by atoms with Crippen LogP contribution in [0.2, 0.25) is 0 Å². The summed E-state index contributed by atoms with van der Waals surface area (Å²) in [5.74, 6) is -1.03. The molecule has 0 aliphatic carbocycles. The molecule has 186 valence electrons. The van der Waals surface area contributed by atoms with Gasteiger partial charge in [-0.15, -0.1) is 0 Å². The van der Waals surface area contributed by atoms with E-state index in [1.165, 1.54) is 9.80 Å². The minimum absolute atomic E-state index is 0.251. The zero-order valence-corrected chi connectivity index (χ0v) is 20.0. The van der Waals surface area contributed by atoms with Crippen molar-refractivity contribution in [3.8, 4) is 0 Å². The number of hydrogen-bond acceptors (Lipinski definition) is 6. The van der Waals surface area contributed by atoms with Gasteiger partial charge in [0.1, 0.15) is 18.1 Å². The molecule has 0 radical (unpaired) electrons. The van der Waals surface area contributed by atoms with Gasteiger partial charge in [-0.3, -0.25) is 24.0 Å². The normalized spacial score (nSPS) is 20.9. The van der Waals surface area contributed by atoms with E-state index in [2.05, 4.69) is 16.0 Å². The summed E-state index contributed by atoms with van der Waals surface area (Å²) in [5.41, 5.74) is 5.44. The van der Waals surface area contributed by atoms with Gasteiger partial charge in [-0.2, -0.15) is 0 Å². The Morgan fingerprint density at radius 3 is 1.97 bits per heavy atom. The highest BCUT2D eigenvalue weighted by molar-refractivity contribution is 6.63. The third-order valence-electron chi connectivity index (χ3n) is 5.86. The first-order chi connectivity index (χ1) is 15.8. The zero-order chi connectivity index (χ0) is 24.4. The fourth-order valence-electron chi connectivity index (χ4n) is 4.16. The molecule has 2 aliphatic heterocycles. The van der Waals surface area contributed by atoms with Crippen LogP contribution in [0.25, 0.3) is 0 Å². The average molecular weight is 507 g/mol. The Balaban J connectivity index is 1.82. The smallest absolute Gasteiger partial charge is 0.317 e. The fourth-order valence-corrected chi connectivity index (χ4v) is 4.56. The fraction of sp³-hybridized carbons (Fsp3) is 0.750. The standard InChI is InChI=1S/C20H32Cl2N6O5/c21-19(32)27-11-3-6-14(27)17(30)24-9-2-1-5-13(16(29)25-10-8-23)26-18(31)15-7-4-12-28(15)20(22)33/h13-15H,1-12,23H2,(H,24,30)(H,25,29)(H,26,31). The van der Waals surface area contributed by atoms with E-state index in [1.807, 2.05) is 0 Å². The number of amides is 5. The molecule has 5 N–H and O–H groups in total. The quantitative estimate of drug-likeness (QED) is 0.181. The van der Waals surface area contributed by atoms with Crippen molar-refractivity contribution >= 4 is 51.7 Å². The molecule has 11 nitrogen and oxygen atoms in total. The van der Waals surface area contributed by atoms with Crippen molar-refractivity contribution in [2.75, 3.05) is 32.7 Å². The summed E-state index contributed by atoms with van der Waals surface area (Å²) in [5, 5.41) is 6.87. The van der Waals surface area contributed by atoms with E-state index < -0.39 is 34.8 Å². The van der Waals surface area contributed by atoms with Gasteiger partial charge in [0.05, 0.1) is 0 Å². The highest BCUT2D eigenvalue weighted by Gasteiger charge is 2.35. The van der Waals surface area contributed by atoms with Gasteiger partial charge in [0.2, 0.25) is 17.7 Å². The minimum Gasteiger partial charge on any atom is -0.354 e. The molecule has 13 heteroatoms. The van der Waals surface area contributed by atoms with Crippen LogP contribution in [0.3, 0.4) is 0 Å². The van der Waals surface area contributed by atoms with E-state index in [0.29, 0.717) is 58.2 Å². The Kier molecular flexibility index (Phi) is 11.2. The van der Waals surface area contributed by atoms with Gasteiger partial charge in [0.25, 0.3) is 0 Å². The number of hydrogen-bond donors (Lipinski definition) is 4. The minimum atomic E-state index is -0.799. The molecule has 0 bridgehead atoms. The Labute approximate surface area is 203 Å². The van der Waals surface area contributed by atoms with Crippen LogP contribution in [-0.2, 0) is 14.4 Å². The lowest BCUT2D eigenvalue weighted by Gasteiger charge is -2.25. The topological polar surface area (TPSA) is 154 Å². The van der Waals surface area contributed by atoms with Gasteiger partial charge in [-0.05, 0) is 68.1 Å². The first-order valence-corrected chi connectivity index (χ1v) is 12.0. The number of unbranched alkanes of at least 4 members (excludes halogenated alkanes) is 1. The highest BCUT2D eigenvalue weighted by Crippen LogP contribution is 2.20. The summed E-state index contributed by atoms with van der Waals surface area (Å²) in [7, 11) is 0. The maximum atomic E-state index is 12.7. The molecule has 3 unspecified atom stereocenters. The number of halogens is 2. The SMILES string of the molecule is NCCNC(=O)C(CCCCNC(=O)C1CCCN1C(=O)Cl)NC(=O)C1CCCN1C(=O)Cl. The van der Waals surface area contributed by atoms with Crippen LogP contribution in [-0.4, -0.2) is 89.1 Å². The number of nitrogens with one attached hydrogen (secondary N) is 3. The van der Waals surface area contributed by atoms with Crippen molar-refractivity contribution in [3.63, 3.8) is 0 Å². The summed E-state index contributed by atoms with van der Waals surface area (Å²) in [6.07, 6.45) is 3.90. The van der Waals surface area contributed by atoms with E-state index in [9.17, 15) is 24.0 Å². The molecule has 2 saturated heterocycles. The lowest BCUT2D eigenvalue weighted by molar-refractivity contribution is -0.131. The van der Waals surface area contributed by atoms with Gasteiger partial charge in [-0.1, -0.05) is 0 Å². The van der Waals surface area contributed by atoms with Crippen molar-refractivity contribution in [3.05, 3.63) is 0 Å². The second-order valence-electron chi connectivity index (χ2n) is 8.14. The van der Waals surface area contributed by atoms with Crippen LogP contribution in [0.1, 0.15) is 44.9 Å². The predicted octanol–water partition coefficient (Wildman–Crippen LogP) is 0.479. The molecule has 2 fully saturated rings. The van der Waals surface area contributed by atoms with Crippen molar-refractivity contribution in [2.45, 2.75) is 63.1 Å². The molecule has 2 heterocycles. The van der Waals surface area contributed by atoms with E-state index in [-0.39, 0.29) is 24.9 Å². The van der Waals surface area contributed by atoms with E-state index >= 15 is 0 Å². The van der Waals surface area contributed by atoms with Gasteiger partial charge in [-0.25, -0.2) is 0 Å². The largest absolute Gasteiger partial charge is 0.354 e. The van der Waals surface area contributed by atoms with Crippen molar-refractivity contribution in [1.82, 2.24) is 25.8 Å². The molecule has 0 aromatic heterocycles. The van der Waals surface area contributed by atoms with Gasteiger partial charge in [0.15, 0.2) is 0 Å². The second-order valence-corrected chi connectivity index (χ2v) is 8.78. The number of rotatable bonds is 11. The summed E-state index contributed by atoms with van der Waals surface area (Å²) < 4.78 is 0. The molecular formula is C20H32Cl2N6O5. The van der Waals surface area contributed by atoms with Gasteiger partial charge >= 0.3 is 10.7 Å². The van der Waals surface area contributed by atoms with Crippen LogP contribution in [0.5, 0.6) is 0 Å². The van der Waals surface area contributed by atoms with E-state index in [1.54, 1.807) is 0 Å². The highest BCUT2D eigenvalue weighted by atomic mass is 35.5. The van der Waals surface area contributed by atoms with Crippen LogP contribution >= 0.6 is 23.2 Å². The predicted molar refractivity (Wildman–Crippen MR) is 123 cm³/mol. The number of carbonyl (C=O) groups excluding carboxylic acids is 5. The Morgan fingerprint density at radius 1 is 0.848 bits per heavy atom. The Morgan fingerprint density at radius 2 is 1.42 bits per heavy atom. The monoisotopic (exact) mass is 506 g/mol. The zero-order valence-electron chi connectivity index (χ0n) is 18.5. The average Bonchev–Trinajstić information content (AvgIpc) is 3.46. The molecule has 0 spiro atoms. The molecule has 2 rings (SSSR count). The van der Waals surface area contributed by atoms with Gasteiger partial charge in [0, 0.05) is 32.7 Å². The Bertz CT molecular complexity index is 740. The summed E-state index contributed by atoms with van der Waals surface area (Å²) in [4.78, 5) is 63.1. The maximum Gasteiger partial charge on any atom is 0.317 e. The van der Waals surface area contributed by atoms with Gasteiger partial charge < -0.3 is 31.5 Å². The number of nitrogens with zero attached hydrogens (tertiary/aromatic N) is 2. The molecule has 5 amide bonds. The van der Waals surface area contributed by atoms with Crippen molar-refractivity contribution in [2.24, 2.45) is 5.73 Å². The maximum absolute atomic E-state index is 12.7. The molecule has 0 saturated carbocycles. The van der Waals surface area contributed by atoms with E-state index in [0.717, 1.165) is 6.42 Å². The first-order valence-electron chi connectivity index (χ1n) is 11.2. The van der Waals surface area contributed by atoms with Crippen LogP contribution in [0.15, 0.2) is 0 Å². The van der Waals surface area contributed by atoms with Crippen LogP contribution < -0.4 is 21.7 Å². The summed E-state index contributed by atoms with van der Waals surface area (Å²) >= 11 is 11.1. The molecule has 0 aromatic rings. The number of likely N-dealkylation sites (tertiary alicyclic amines) is 2. The molecule has 33 heavy (non-hydrogen) atoms. The number of carbonyl (C=O) groups is 5. The van der Waals surface area contributed by atoms with Crippen LogP contribution in [0.4, 0.5) is 9.59 Å². The van der Waals surface area contributed by atoms with Crippen LogP contribution in [0, 0.1) is 0 Å². The van der Waals surface area contributed by atoms with Crippen molar-refractivity contribution in [1.29, 1.82) is 0 Å². The molecule has 2 aliphatic rings. The third-order valence-corrected chi connectivity index (χ3v) is 6.29.